The maximum atomic E-state index is 12.0. The van der Waals surface area contributed by atoms with E-state index in [9.17, 15) is 14.4 Å². The number of amides is 2. The zero-order valence-corrected chi connectivity index (χ0v) is 16.0. The molecule has 0 fully saturated rings. The number of benzene rings is 2. The number of unbranched alkanes of at least 4 members (excludes halogenated alkanes) is 1. The Morgan fingerprint density at radius 1 is 0.893 bits per heavy atom. The molecule has 0 aliphatic heterocycles. The fourth-order valence-corrected chi connectivity index (χ4v) is 2.27. The third kappa shape index (κ3) is 7.11. The van der Waals surface area contributed by atoms with Crippen LogP contribution < -0.4 is 15.4 Å². The van der Waals surface area contributed by atoms with Crippen LogP contribution in [0.25, 0.3) is 0 Å². The monoisotopic (exact) mass is 384 g/mol. The molecule has 2 N–H and O–H groups in total. The molecule has 2 amide bonds. The van der Waals surface area contributed by atoms with Gasteiger partial charge in [-0.3, -0.25) is 9.59 Å². The van der Waals surface area contributed by atoms with Crippen molar-refractivity contribution in [1.82, 2.24) is 0 Å². The Hall–Kier alpha value is -3.35. The van der Waals surface area contributed by atoms with Crippen LogP contribution in [0.4, 0.5) is 11.4 Å². The molecule has 148 valence electrons. The molecule has 7 heteroatoms. The first-order valence-electron chi connectivity index (χ1n) is 9.05. The van der Waals surface area contributed by atoms with Crippen molar-refractivity contribution in [2.45, 2.75) is 26.7 Å². The second kappa shape index (κ2) is 10.7. The van der Waals surface area contributed by atoms with E-state index in [-0.39, 0.29) is 24.4 Å². The second-order valence-electron chi connectivity index (χ2n) is 6.11. The van der Waals surface area contributed by atoms with Crippen LogP contribution in [0.2, 0.25) is 0 Å². The van der Waals surface area contributed by atoms with Crippen molar-refractivity contribution in [3.05, 3.63) is 54.1 Å². The molecule has 0 spiro atoms. The fraction of sp³-hybridized carbons (Fsp3) is 0.286. The number of esters is 1. The smallest absolute Gasteiger partial charge is 0.338 e. The summed E-state index contributed by atoms with van der Waals surface area (Å²) < 4.78 is 10.6. The SMILES string of the molecule is CCCCOC(=O)c1ccc(NC(=O)COc2ccc(NC(C)=O)cc2)cc1. The van der Waals surface area contributed by atoms with E-state index in [0.717, 1.165) is 12.8 Å². The Kier molecular flexibility index (Phi) is 8.02. The number of carbonyl (C=O) groups is 3. The average Bonchev–Trinajstić information content (AvgIpc) is 2.68. The largest absolute Gasteiger partial charge is 0.484 e. The highest BCUT2D eigenvalue weighted by Gasteiger charge is 2.08. The number of nitrogens with one attached hydrogen (secondary N) is 2. The predicted molar refractivity (Wildman–Crippen MR) is 107 cm³/mol. The molecule has 0 unspecified atom stereocenters. The second-order valence-corrected chi connectivity index (χ2v) is 6.11. The lowest BCUT2D eigenvalue weighted by atomic mass is 10.2. The zero-order valence-electron chi connectivity index (χ0n) is 16.0. The van der Waals surface area contributed by atoms with Gasteiger partial charge >= 0.3 is 5.97 Å². The summed E-state index contributed by atoms with van der Waals surface area (Å²) in [5.41, 5.74) is 1.64. The van der Waals surface area contributed by atoms with E-state index in [1.807, 2.05) is 6.92 Å². The molecule has 0 heterocycles. The third-order valence-corrected chi connectivity index (χ3v) is 3.68. The summed E-state index contributed by atoms with van der Waals surface area (Å²) in [5.74, 6) is -0.357. The van der Waals surface area contributed by atoms with Gasteiger partial charge in [-0.2, -0.15) is 0 Å². The first kappa shape index (κ1) is 21.0. The van der Waals surface area contributed by atoms with Crippen molar-refractivity contribution in [2.75, 3.05) is 23.8 Å². The zero-order chi connectivity index (χ0) is 20.4. The van der Waals surface area contributed by atoms with E-state index in [4.69, 9.17) is 9.47 Å². The Labute approximate surface area is 164 Å². The highest BCUT2D eigenvalue weighted by Crippen LogP contribution is 2.16. The minimum absolute atomic E-state index is 0.159. The maximum Gasteiger partial charge on any atom is 0.338 e. The molecule has 2 rings (SSSR count). The summed E-state index contributed by atoms with van der Waals surface area (Å²) in [5, 5.41) is 5.34. The molecule has 0 radical (unpaired) electrons. The topological polar surface area (TPSA) is 93.7 Å². The normalized spacial score (nSPS) is 10.1. The van der Waals surface area contributed by atoms with Crippen LogP contribution in [-0.4, -0.2) is 31.0 Å². The summed E-state index contributed by atoms with van der Waals surface area (Å²) in [6.45, 7) is 3.68. The van der Waals surface area contributed by atoms with E-state index in [2.05, 4.69) is 10.6 Å². The van der Waals surface area contributed by atoms with E-state index in [1.165, 1.54) is 6.92 Å². The van der Waals surface area contributed by atoms with Gasteiger partial charge in [-0.25, -0.2) is 4.79 Å². The van der Waals surface area contributed by atoms with Gasteiger partial charge in [0.05, 0.1) is 12.2 Å². The standard InChI is InChI=1S/C21H24N2O5/c1-3-4-13-27-21(26)16-5-7-18(8-6-16)23-20(25)14-28-19-11-9-17(10-12-19)22-15(2)24/h5-12H,3-4,13-14H2,1-2H3,(H,22,24)(H,23,25). The molecule has 0 saturated carbocycles. The molecule has 2 aromatic carbocycles. The van der Waals surface area contributed by atoms with Gasteiger partial charge in [0.2, 0.25) is 5.91 Å². The number of hydrogen-bond donors (Lipinski definition) is 2. The molecule has 0 atom stereocenters. The lowest BCUT2D eigenvalue weighted by Gasteiger charge is -2.09. The van der Waals surface area contributed by atoms with Crippen molar-refractivity contribution in [1.29, 1.82) is 0 Å². The van der Waals surface area contributed by atoms with Gasteiger partial charge in [0.1, 0.15) is 5.75 Å². The van der Waals surface area contributed by atoms with Gasteiger partial charge in [0, 0.05) is 18.3 Å². The highest BCUT2D eigenvalue weighted by molar-refractivity contribution is 5.93. The van der Waals surface area contributed by atoms with Crippen molar-refractivity contribution >= 4 is 29.2 Å². The van der Waals surface area contributed by atoms with Gasteiger partial charge in [0.25, 0.3) is 5.91 Å². The predicted octanol–water partition coefficient (Wildman–Crippen LogP) is 3.62. The van der Waals surface area contributed by atoms with Crippen LogP contribution in [0.15, 0.2) is 48.5 Å². The number of rotatable bonds is 9. The lowest BCUT2D eigenvalue weighted by molar-refractivity contribution is -0.118. The summed E-state index contributed by atoms with van der Waals surface area (Å²) >= 11 is 0. The van der Waals surface area contributed by atoms with Gasteiger partial charge in [0.15, 0.2) is 6.61 Å². The number of carbonyl (C=O) groups excluding carboxylic acids is 3. The maximum absolute atomic E-state index is 12.0. The highest BCUT2D eigenvalue weighted by atomic mass is 16.5. The molecule has 7 nitrogen and oxygen atoms in total. The minimum atomic E-state index is -0.377. The Balaban J connectivity index is 1.79. The molecule has 0 saturated heterocycles. The molecule has 28 heavy (non-hydrogen) atoms. The lowest BCUT2D eigenvalue weighted by Crippen LogP contribution is -2.20. The van der Waals surface area contributed by atoms with Gasteiger partial charge in [-0.15, -0.1) is 0 Å². The molecule has 2 aromatic rings. The molecular weight excluding hydrogens is 360 g/mol. The summed E-state index contributed by atoms with van der Waals surface area (Å²) in [6, 6.07) is 13.2. The van der Waals surface area contributed by atoms with Crippen LogP contribution in [-0.2, 0) is 14.3 Å². The average molecular weight is 384 g/mol. The molecule has 0 aromatic heterocycles. The van der Waals surface area contributed by atoms with Crippen molar-refractivity contribution in [3.63, 3.8) is 0 Å². The summed E-state index contributed by atoms with van der Waals surface area (Å²) in [4.78, 5) is 34.8. The molecule has 0 aliphatic rings. The number of anilines is 2. The van der Waals surface area contributed by atoms with Gasteiger partial charge in [-0.1, -0.05) is 13.3 Å². The molecule has 0 bridgehead atoms. The van der Waals surface area contributed by atoms with E-state index < -0.39 is 0 Å². The van der Waals surface area contributed by atoms with Crippen LogP contribution >= 0.6 is 0 Å². The van der Waals surface area contributed by atoms with Crippen molar-refractivity contribution in [3.8, 4) is 5.75 Å². The van der Waals surface area contributed by atoms with E-state index in [1.54, 1.807) is 48.5 Å². The Morgan fingerprint density at radius 3 is 2.11 bits per heavy atom. The summed E-state index contributed by atoms with van der Waals surface area (Å²) in [7, 11) is 0. The first-order valence-corrected chi connectivity index (χ1v) is 9.05. The molecule has 0 aliphatic carbocycles. The van der Waals surface area contributed by atoms with Crippen molar-refractivity contribution < 1.29 is 23.9 Å². The summed E-state index contributed by atoms with van der Waals surface area (Å²) in [6.07, 6.45) is 1.79. The molecular formula is C21H24N2O5. The first-order chi connectivity index (χ1) is 13.5. The van der Waals surface area contributed by atoms with Crippen LogP contribution in [0.1, 0.15) is 37.0 Å². The number of hydrogen-bond acceptors (Lipinski definition) is 5. The van der Waals surface area contributed by atoms with Crippen LogP contribution in [0, 0.1) is 0 Å². The third-order valence-electron chi connectivity index (χ3n) is 3.68. The Morgan fingerprint density at radius 2 is 1.50 bits per heavy atom. The van der Waals surface area contributed by atoms with Crippen LogP contribution in [0.3, 0.4) is 0 Å². The van der Waals surface area contributed by atoms with Crippen LogP contribution in [0.5, 0.6) is 5.75 Å². The van der Waals surface area contributed by atoms with Gasteiger partial charge in [-0.05, 0) is 55.0 Å². The van der Waals surface area contributed by atoms with Gasteiger partial charge < -0.3 is 20.1 Å². The fourth-order valence-electron chi connectivity index (χ4n) is 2.27. The van der Waals surface area contributed by atoms with E-state index >= 15 is 0 Å². The van der Waals surface area contributed by atoms with Crippen molar-refractivity contribution in [2.24, 2.45) is 0 Å². The quantitative estimate of drug-likeness (QED) is 0.509. The van der Waals surface area contributed by atoms with E-state index in [0.29, 0.717) is 29.3 Å². The number of ether oxygens (including phenoxy) is 2. The Bertz CT molecular complexity index is 801. The minimum Gasteiger partial charge on any atom is -0.484 e.